The normalized spacial score (nSPS) is 20.3. The fraction of sp³-hybridized carbons (Fsp3) is 0.400. The minimum atomic E-state index is -0.198. The van der Waals surface area contributed by atoms with Gasteiger partial charge in [0.15, 0.2) is 0 Å². The van der Waals surface area contributed by atoms with Gasteiger partial charge in [-0.05, 0) is 54.5 Å². The Hall–Kier alpha value is -2.75. The molecule has 0 N–H and O–H groups in total. The Balaban J connectivity index is 1.38. The zero-order chi connectivity index (χ0) is 20.1. The number of amides is 1. The maximum Gasteiger partial charge on any atom is 0.410 e. The number of hydrogen-bond donors (Lipinski definition) is 0. The Morgan fingerprint density at radius 2 is 1.86 bits per heavy atom. The monoisotopic (exact) mass is 391 g/mol. The molecular weight excluding hydrogens is 362 g/mol. The maximum absolute atomic E-state index is 12.7. The predicted molar refractivity (Wildman–Crippen MR) is 115 cm³/mol. The number of nitrogens with zero attached hydrogens (tertiary/aromatic N) is 1. The van der Waals surface area contributed by atoms with Gasteiger partial charge in [-0.15, -0.1) is 0 Å². The summed E-state index contributed by atoms with van der Waals surface area (Å²) >= 11 is 0. The summed E-state index contributed by atoms with van der Waals surface area (Å²) in [5.74, 6) is 0.924. The first kappa shape index (κ1) is 19.6. The summed E-state index contributed by atoms with van der Waals surface area (Å²) in [7, 11) is 0. The highest BCUT2D eigenvalue weighted by atomic mass is 16.6. The van der Waals surface area contributed by atoms with Crippen molar-refractivity contribution in [3.63, 3.8) is 0 Å². The van der Waals surface area contributed by atoms with Gasteiger partial charge in [0.05, 0.1) is 12.6 Å². The van der Waals surface area contributed by atoms with Crippen molar-refractivity contribution >= 4 is 11.7 Å². The Bertz CT molecular complexity index is 844. The average Bonchev–Trinajstić information content (AvgIpc) is 3.03. The molecule has 0 aliphatic carbocycles. The summed E-state index contributed by atoms with van der Waals surface area (Å²) < 4.78 is 11.4. The van der Waals surface area contributed by atoms with E-state index in [9.17, 15) is 4.79 Å². The molecular formula is C25H29NO3. The van der Waals surface area contributed by atoms with Gasteiger partial charge in [-0.2, -0.15) is 0 Å². The van der Waals surface area contributed by atoms with Gasteiger partial charge in [0, 0.05) is 6.04 Å². The van der Waals surface area contributed by atoms with Crippen molar-refractivity contribution in [3.8, 4) is 5.75 Å². The molecule has 4 rings (SSSR count). The topological polar surface area (TPSA) is 38.8 Å². The van der Waals surface area contributed by atoms with Gasteiger partial charge in [-0.25, -0.2) is 4.79 Å². The van der Waals surface area contributed by atoms with Crippen molar-refractivity contribution in [3.05, 3.63) is 71.8 Å². The van der Waals surface area contributed by atoms with Crippen LogP contribution < -0.4 is 4.74 Å². The highest BCUT2D eigenvalue weighted by Gasteiger charge is 2.40. The van der Waals surface area contributed by atoms with Crippen molar-refractivity contribution in [2.75, 3.05) is 6.61 Å². The highest BCUT2D eigenvalue weighted by Crippen LogP contribution is 2.39. The first-order valence-corrected chi connectivity index (χ1v) is 10.7. The molecule has 2 aromatic carbocycles. The lowest BCUT2D eigenvalue weighted by Crippen LogP contribution is -2.43. The molecule has 1 fully saturated rings. The van der Waals surface area contributed by atoms with Crippen LogP contribution in [-0.2, 0) is 11.3 Å². The summed E-state index contributed by atoms with van der Waals surface area (Å²) in [6, 6.07) is 18.6. The second-order valence-corrected chi connectivity index (χ2v) is 7.87. The standard InChI is InChI=1S/C25H29NO3/c1-2-3-15-28-24-13-9-20(10-14-24)21-16-22-11-12-23(17-21)26(22)25(27)29-18-19-7-5-4-6-8-19/h4-10,13-14,16,22-23H,2-3,11-12,15,17-18H2,1H3. The number of benzene rings is 2. The van der Waals surface area contributed by atoms with Gasteiger partial charge >= 0.3 is 6.09 Å². The number of unbranched alkanes of at least 4 members (excludes halogenated alkanes) is 1. The Labute approximate surface area is 173 Å². The number of rotatable bonds is 7. The van der Waals surface area contributed by atoms with Crippen LogP contribution in [0.4, 0.5) is 4.79 Å². The third-order valence-electron chi connectivity index (χ3n) is 5.80. The molecule has 0 aromatic heterocycles. The fourth-order valence-corrected chi connectivity index (χ4v) is 4.22. The lowest BCUT2D eigenvalue weighted by Gasteiger charge is -2.33. The Morgan fingerprint density at radius 3 is 2.59 bits per heavy atom. The van der Waals surface area contributed by atoms with Gasteiger partial charge in [0.1, 0.15) is 12.4 Å². The van der Waals surface area contributed by atoms with Crippen molar-refractivity contribution in [2.45, 2.75) is 57.7 Å². The number of carbonyl (C=O) groups is 1. The molecule has 2 aliphatic rings. The molecule has 2 heterocycles. The van der Waals surface area contributed by atoms with Crippen LogP contribution in [0.1, 0.15) is 50.2 Å². The molecule has 2 bridgehead atoms. The van der Waals surface area contributed by atoms with Crippen molar-refractivity contribution in [1.82, 2.24) is 4.90 Å². The maximum atomic E-state index is 12.7. The van der Waals surface area contributed by atoms with E-state index in [4.69, 9.17) is 9.47 Å². The van der Waals surface area contributed by atoms with Crippen molar-refractivity contribution in [1.29, 1.82) is 0 Å². The Morgan fingerprint density at radius 1 is 1.07 bits per heavy atom. The molecule has 0 saturated carbocycles. The molecule has 152 valence electrons. The van der Waals surface area contributed by atoms with E-state index in [0.29, 0.717) is 6.61 Å². The second-order valence-electron chi connectivity index (χ2n) is 7.87. The van der Waals surface area contributed by atoms with Crippen molar-refractivity contribution < 1.29 is 14.3 Å². The van der Waals surface area contributed by atoms with Gasteiger partial charge in [-0.1, -0.05) is 61.9 Å². The van der Waals surface area contributed by atoms with Crippen molar-refractivity contribution in [2.24, 2.45) is 0 Å². The molecule has 0 spiro atoms. The minimum Gasteiger partial charge on any atom is -0.494 e. The molecule has 2 aromatic rings. The van der Waals surface area contributed by atoms with Crippen LogP contribution in [0, 0.1) is 0 Å². The summed E-state index contributed by atoms with van der Waals surface area (Å²) in [5.41, 5.74) is 3.56. The van der Waals surface area contributed by atoms with Crippen LogP contribution >= 0.6 is 0 Å². The van der Waals surface area contributed by atoms with E-state index in [1.165, 1.54) is 11.1 Å². The third-order valence-corrected chi connectivity index (χ3v) is 5.80. The Kier molecular flexibility index (Phi) is 6.18. The zero-order valence-corrected chi connectivity index (χ0v) is 17.0. The molecule has 1 saturated heterocycles. The van der Waals surface area contributed by atoms with E-state index in [2.05, 4.69) is 25.1 Å². The fourth-order valence-electron chi connectivity index (χ4n) is 4.22. The van der Waals surface area contributed by atoms with E-state index in [1.54, 1.807) is 0 Å². The van der Waals surface area contributed by atoms with E-state index in [1.807, 2.05) is 47.4 Å². The number of hydrogen-bond acceptors (Lipinski definition) is 3. The van der Waals surface area contributed by atoms with Crippen LogP contribution in [0.15, 0.2) is 60.7 Å². The van der Waals surface area contributed by atoms with Crippen LogP contribution in [0.3, 0.4) is 0 Å². The first-order valence-electron chi connectivity index (χ1n) is 10.7. The minimum absolute atomic E-state index is 0.132. The summed E-state index contributed by atoms with van der Waals surface area (Å²) in [6.07, 6.45) is 7.18. The number of ether oxygens (including phenoxy) is 2. The summed E-state index contributed by atoms with van der Waals surface area (Å²) in [6.45, 7) is 3.26. The zero-order valence-electron chi connectivity index (χ0n) is 17.0. The molecule has 4 heteroatoms. The van der Waals surface area contributed by atoms with Gasteiger partial charge < -0.3 is 9.47 Å². The van der Waals surface area contributed by atoms with Crippen LogP contribution in [-0.4, -0.2) is 29.7 Å². The van der Waals surface area contributed by atoms with Crippen LogP contribution in [0.5, 0.6) is 5.75 Å². The predicted octanol–water partition coefficient (Wildman–Crippen LogP) is 5.82. The molecule has 2 atom stereocenters. The van der Waals surface area contributed by atoms with E-state index in [0.717, 1.165) is 50.0 Å². The van der Waals surface area contributed by atoms with E-state index in [-0.39, 0.29) is 18.2 Å². The third kappa shape index (κ3) is 4.64. The van der Waals surface area contributed by atoms with Crippen LogP contribution in [0.25, 0.3) is 5.57 Å². The largest absolute Gasteiger partial charge is 0.494 e. The molecule has 1 amide bonds. The van der Waals surface area contributed by atoms with E-state index >= 15 is 0 Å². The van der Waals surface area contributed by atoms with Gasteiger partial charge in [0.25, 0.3) is 0 Å². The smallest absolute Gasteiger partial charge is 0.410 e. The van der Waals surface area contributed by atoms with Gasteiger partial charge in [-0.3, -0.25) is 4.90 Å². The van der Waals surface area contributed by atoms with Gasteiger partial charge in [0.2, 0.25) is 0 Å². The second kappa shape index (κ2) is 9.17. The lowest BCUT2D eigenvalue weighted by molar-refractivity contribution is 0.0832. The van der Waals surface area contributed by atoms with Crippen LogP contribution in [0.2, 0.25) is 0 Å². The molecule has 0 radical (unpaired) electrons. The number of carbonyl (C=O) groups excluding carboxylic acids is 1. The molecule has 4 nitrogen and oxygen atoms in total. The van der Waals surface area contributed by atoms with E-state index < -0.39 is 0 Å². The molecule has 2 aliphatic heterocycles. The molecule has 29 heavy (non-hydrogen) atoms. The average molecular weight is 392 g/mol. The molecule has 2 unspecified atom stereocenters. The quantitative estimate of drug-likeness (QED) is 0.558. The summed E-state index contributed by atoms with van der Waals surface area (Å²) in [4.78, 5) is 14.6. The first-order chi connectivity index (χ1) is 14.2. The number of fused-ring (bicyclic) bond motifs is 2. The SMILES string of the molecule is CCCCOc1ccc(C2=CC3CCC(C2)N3C(=O)OCc2ccccc2)cc1. The summed E-state index contributed by atoms with van der Waals surface area (Å²) in [5, 5.41) is 0. The highest BCUT2D eigenvalue weighted by molar-refractivity contribution is 5.75. The lowest BCUT2D eigenvalue weighted by atomic mass is 9.95.